The van der Waals surface area contributed by atoms with E-state index in [2.05, 4.69) is 15.6 Å². The number of carbonyl (C=O) groups excluding carboxylic acids is 1. The summed E-state index contributed by atoms with van der Waals surface area (Å²) in [6.07, 6.45) is 3.44. The van der Waals surface area contributed by atoms with E-state index in [1.165, 1.54) is 0 Å². The molecule has 1 aliphatic rings. The van der Waals surface area contributed by atoms with Crippen LogP contribution >= 0.6 is 0 Å². The van der Waals surface area contributed by atoms with Crippen LogP contribution in [0.4, 0.5) is 5.69 Å². The number of hydrogen-bond acceptors (Lipinski definition) is 4. The molecule has 1 aromatic carbocycles. The molecule has 0 saturated carbocycles. The van der Waals surface area contributed by atoms with Crippen molar-refractivity contribution >= 4 is 11.6 Å². The molecule has 1 amide bonds. The molecule has 2 aromatic rings. The van der Waals surface area contributed by atoms with Crippen LogP contribution in [0.1, 0.15) is 28.9 Å². The number of para-hydroxylation sites is 1. The van der Waals surface area contributed by atoms with Crippen molar-refractivity contribution in [3.8, 4) is 5.75 Å². The molecule has 5 nitrogen and oxygen atoms in total. The topological polar surface area (TPSA) is 63.2 Å². The summed E-state index contributed by atoms with van der Waals surface area (Å²) in [5.74, 6) is 0.489. The van der Waals surface area contributed by atoms with Crippen molar-refractivity contribution in [2.75, 3.05) is 18.5 Å². The zero-order chi connectivity index (χ0) is 14.7. The third-order valence-electron chi connectivity index (χ3n) is 3.48. The van der Waals surface area contributed by atoms with Crippen molar-refractivity contribution in [2.24, 2.45) is 0 Å². The molecule has 0 bridgehead atoms. The van der Waals surface area contributed by atoms with Crippen LogP contribution in [-0.2, 0) is 0 Å². The Labute approximate surface area is 123 Å². The summed E-state index contributed by atoms with van der Waals surface area (Å²) in [6, 6.07) is 9.24. The minimum atomic E-state index is -0.139. The number of carbonyl (C=O) groups is 1. The standard InChI is InChI=1S/C16H17N3O2/c1-11(12-5-7-17-8-6-12)19-16(20)13-3-2-4-14-15(13)21-10-9-18-14/h2-8,11,18H,9-10H2,1H3,(H,19,20). The highest BCUT2D eigenvalue weighted by molar-refractivity contribution is 5.99. The van der Waals surface area contributed by atoms with Crippen LogP contribution in [0.5, 0.6) is 5.75 Å². The first-order valence-corrected chi connectivity index (χ1v) is 6.96. The van der Waals surface area contributed by atoms with E-state index in [0.717, 1.165) is 17.8 Å². The van der Waals surface area contributed by atoms with E-state index < -0.39 is 0 Å². The summed E-state index contributed by atoms with van der Waals surface area (Å²) in [7, 11) is 0. The molecule has 2 N–H and O–H groups in total. The highest BCUT2D eigenvalue weighted by Gasteiger charge is 2.20. The van der Waals surface area contributed by atoms with E-state index in [4.69, 9.17) is 4.74 Å². The molecule has 0 radical (unpaired) electrons. The maximum atomic E-state index is 12.5. The number of fused-ring (bicyclic) bond motifs is 1. The average Bonchev–Trinajstić information content (AvgIpc) is 2.55. The highest BCUT2D eigenvalue weighted by atomic mass is 16.5. The summed E-state index contributed by atoms with van der Waals surface area (Å²) in [5.41, 5.74) is 2.44. The van der Waals surface area contributed by atoms with E-state index >= 15 is 0 Å². The second kappa shape index (κ2) is 5.83. The molecule has 1 unspecified atom stereocenters. The van der Waals surface area contributed by atoms with Crippen LogP contribution in [0.15, 0.2) is 42.7 Å². The smallest absolute Gasteiger partial charge is 0.255 e. The number of benzene rings is 1. The van der Waals surface area contributed by atoms with E-state index in [1.54, 1.807) is 18.5 Å². The molecule has 1 aromatic heterocycles. The number of aromatic nitrogens is 1. The van der Waals surface area contributed by atoms with Crippen LogP contribution < -0.4 is 15.4 Å². The average molecular weight is 283 g/mol. The largest absolute Gasteiger partial charge is 0.489 e. The number of pyridine rings is 1. The molecule has 108 valence electrons. The molecule has 3 rings (SSSR count). The first-order chi connectivity index (χ1) is 10.3. The minimum Gasteiger partial charge on any atom is -0.489 e. The summed E-state index contributed by atoms with van der Waals surface area (Å²) in [5, 5.41) is 6.22. The van der Waals surface area contributed by atoms with Crippen LogP contribution in [0.2, 0.25) is 0 Å². The Kier molecular flexibility index (Phi) is 3.73. The first kappa shape index (κ1) is 13.4. The van der Waals surface area contributed by atoms with Crippen molar-refractivity contribution in [3.63, 3.8) is 0 Å². The minimum absolute atomic E-state index is 0.0899. The van der Waals surface area contributed by atoms with E-state index in [0.29, 0.717) is 17.9 Å². The Morgan fingerprint density at radius 1 is 1.33 bits per heavy atom. The molecular weight excluding hydrogens is 266 g/mol. The number of nitrogens with zero attached hydrogens (tertiary/aromatic N) is 1. The van der Waals surface area contributed by atoms with Crippen molar-refractivity contribution < 1.29 is 9.53 Å². The zero-order valence-electron chi connectivity index (χ0n) is 11.8. The maximum absolute atomic E-state index is 12.5. The molecule has 0 aliphatic carbocycles. The van der Waals surface area contributed by atoms with Gasteiger partial charge in [0.2, 0.25) is 0 Å². The molecule has 2 heterocycles. The Hall–Kier alpha value is -2.56. The predicted octanol–water partition coefficient (Wildman–Crippen LogP) is 2.38. The number of hydrogen-bond donors (Lipinski definition) is 2. The molecular formula is C16H17N3O2. The van der Waals surface area contributed by atoms with Crippen molar-refractivity contribution in [1.29, 1.82) is 0 Å². The van der Waals surface area contributed by atoms with E-state index in [-0.39, 0.29) is 11.9 Å². The lowest BCUT2D eigenvalue weighted by molar-refractivity contribution is 0.0935. The molecule has 0 saturated heterocycles. The summed E-state index contributed by atoms with van der Waals surface area (Å²) < 4.78 is 5.63. The predicted molar refractivity (Wildman–Crippen MR) is 80.5 cm³/mol. The molecule has 0 spiro atoms. The Bertz CT molecular complexity index is 643. The van der Waals surface area contributed by atoms with Gasteiger partial charge >= 0.3 is 0 Å². The molecule has 21 heavy (non-hydrogen) atoms. The lowest BCUT2D eigenvalue weighted by Gasteiger charge is -2.22. The van der Waals surface area contributed by atoms with Crippen LogP contribution in [-0.4, -0.2) is 24.0 Å². The summed E-state index contributed by atoms with van der Waals surface area (Å²) in [4.78, 5) is 16.4. The normalized spacial score (nSPS) is 14.3. The fraction of sp³-hybridized carbons (Fsp3) is 0.250. The molecule has 5 heteroatoms. The molecule has 1 aliphatic heterocycles. The fourth-order valence-electron chi connectivity index (χ4n) is 2.36. The Morgan fingerprint density at radius 3 is 2.95 bits per heavy atom. The SMILES string of the molecule is CC(NC(=O)c1cccc2c1OCCN2)c1ccncc1. The van der Waals surface area contributed by atoms with Gasteiger partial charge in [-0.1, -0.05) is 6.07 Å². The number of rotatable bonds is 3. The van der Waals surface area contributed by atoms with Gasteiger partial charge < -0.3 is 15.4 Å². The van der Waals surface area contributed by atoms with Gasteiger partial charge in [0.25, 0.3) is 5.91 Å². The second-order valence-corrected chi connectivity index (χ2v) is 4.93. The van der Waals surface area contributed by atoms with Crippen LogP contribution in [0.3, 0.4) is 0 Å². The van der Waals surface area contributed by atoms with Crippen LogP contribution in [0, 0.1) is 0 Å². The van der Waals surface area contributed by atoms with Crippen molar-refractivity contribution in [1.82, 2.24) is 10.3 Å². The lowest BCUT2D eigenvalue weighted by Crippen LogP contribution is -2.28. The quantitative estimate of drug-likeness (QED) is 0.908. The molecule has 0 fully saturated rings. The van der Waals surface area contributed by atoms with E-state index in [9.17, 15) is 4.79 Å². The van der Waals surface area contributed by atoms with Gasteiger partial charge in [0.05, 0.1) is 17.3 Å². The lowest BCUT2D eigenvalue weighted by atomic mass is 10.1. The number of ether oxygens (including phenoxy) is 1. The zero-order valence-corrected chi connectivity index (χ0v) is 11.8. The van der Waals surface area contributed by atoms with Gasteiger partial charge in [-0.2, -0.15) is 0 Å². The molecule has 1 atom stereocenters. The third kappa shape index (κ3) is 2.81. The highest BCUT2D eigenvalue weighted by Crippen LogP contribution is 2.31. The second-order valence-electron chi connectivity index (χ2n) is 4.93. The van der Waals surface area contributed by atoms with Gasteiger partial charge in [-0.15, -0.1) is 0 Å². The summed E-state index contributed by atoms with van der Waals surface area (Å²) in [6.45, 7) is 3.27. The Balaban J connectivity index is 1.80. The first-order valence-electron chi connectivity index (χ1n) is 6.96. The van der Waals surface area contributed by atoms with E-state index in [1.807, 2.05) is 31.2 Å². The number of amides is 1. The van der Waals surface area contributed by atoms with Crippen LogP contribution in [0.25, 0.3) is 0 Å². The van der Waals surface area contributed by atoms with Gasteiger partial charge in [0.1, 0.15) is 6.61 Å². The van der Waals surface area contributed by atoms with Gasteiger partial charge in [0, 0.05) is 18.9 Å². The monoisotopic (exact) mass is 283 g/mol. The fourth-order valence-corrected chi connectivity index (χ4v) is 2.36. The van der Waals surface area contributed by atoms with Crippen molar-refractivity contribution in [2.45, 2.75) is 13.0 Å². The van der Waals surface area contributed by atoms with Gasteiger partial charge in [-0.25, -0.2) is 0 Å². The number of nitrogens with one attached hydrogen (secondary N) is 2. The van der Waals surface area contributed by atoms with Crippen molar-refractivity contribution in [3.05, 3.63) is 53.9 Å². The van der Waals surface area contributed by atoms with Gasteiger partial charge in [-0.05, 0) is 36.8 Å². The maximum Gasteiger partial charge on any atom is 0.255 e. The number of anilines is 1. The third-order valence-corrected chi connectivity index (χ3v) is 3.48. The van der Waals surface area contributed by atoms with Gasteiger partial charge in [0.15, 0.2) is 5.75 Å². The Morgan fingerprint density at radius 2 is 2.14 bits per heavy atom. The summed E-state index contributed by atoms with van der Waals surface area (Å²) >= 11 is 0. The van der Waals surface area contributed by atoms with Gasteiger partial charge in [-0.3, -0.25) is 9.78 Å².